The van der Waals surface area contributed by atoms with Gasteiger partial charge in [0, 0.05) is 17.4 Å². The van der Waals surface area contributed by atoms with E-state index in [1.165, 1.54) is 12.1 Å². The molecule has 0 fully saturated rings. The lowest BCUT2D eigenvalue weighted by Gasteiger charge is -2.25. The maximum absolute atomic E-state index is 13.0. The minimum absolute atomic E-state index is 0.0187. The van der Waals surface area contributed by atoms with Crippen LogP contribution >= 0.6 is 27.5 Å². The molecule has 8 heteroatoms. The Morgan fingerprint density at radius 3 is 2.42 bits per heavy atom. The van der Waals surface area contributed by atoms with E-state index in [2.05, 4.69) is 15.9 Å². The van der Waals surface area contributed by atoms with E-state index >= 15 is 0 Å². The van der Waals surface area contributed by atoms with Gasteiger partial charge in [-0.25, -0.2) is 8.42 Å². The molecule has 0 aliphatic rings. The minimum atomic E-state index is -3.85. The number of rotatable bonds is 7. The summed E-state index contributed by atoms with van der Waals surface area (Å²) in [5.41, 5.74) is 0.314. The number of nitrogens with zero attached hydrogens (tertiary/aromatic N) is 1. The van der Waals surface area contributed by atoms with Crippen LogP contribution < -0.4 is 4.31 Å². The van der Waals surface area contributed by atoms with Crippen molar-refractivity contribution in [2.75, 3.05) is 10.8 Å². The largest absolute Gasteiger partial charge is 0.481 e. The standard InChI is InChI=1S/C16H15BrClNO4S/c17-12-8-9-15(14(18)11-12)19(10-4-7-16(20)21)24(22,23)13-5-2-1-3-6-13/h1-3,5-6,8-9,11H,4,7,10H2,(H,20,21). The van der Waals surface area contributed by atoms with E-state index in [0.717, 1.165) is 8.78 Å². The summed E-state index contributed by atoms with van der Waals surface area (Å²) in [5.74, 6) is -0.978. The molecule has 0 unspecified atom stereocenters. The smallest absolute Gasteiger partial charge is 0.303 e. The van der Waals surface area contributed by atoms with Crippen LogP contribution in [0.15, 0.2) is 57.9 Å². The average Bonchev–Trinajstić information content (AvgIpc) is 2.53. The number of hydrogen-bond acceptors (Lipinski definition) is 3. The summed E-state index contributed by atoms with van der Waals surface area (Å²) < 4.78 is 27.8. The lowest BCUT2D eigenvalue weighted by atomic mass is 10.3. The van der Waals surface area contributed by atoms with Gasteiger partial charge in [-0.2, -0.15) is 0 Å². The van der Waals surface area contributed by atoms with Crippen LogP contribution in [0.1, 0.15) is 12.8 Å². The Morgan fingerprint density at radius 1 is 1.17 bits per heavy atom. The van der Waals surface area contributed by atoms with E-state index in [1.54, 1.807) is 36.4 Å². The van der Waals surface area contributed by atoms with E-state index in [9.17, 15) is 13.2 Å². The Hall–Kier alpha value is -1.57. The van der Waals surface area contributed by atoms with Gasteiger partial charge in [-0.15, -0.1) is 0 Å². The highest BCUT2D eigenvalue weighted by atomic mass is 79.9. The number of anilines is 1. The summed E-state index contributed by atoms with van der Waals surface area (Å²) >= 11 is 9.49. The summed E-state index contributed by atoms with van der Waals surface area (Å²) in [4.78, 5) is 10.9. The van der Waals surface area contributed by atoms with Gasteiger partial charge in [0.1, 0.15) is 0 Å². The zero-order chi connectivity index (χ0) is 17.7. The van der Waals surface area contributed by atoms with Crippen molar-refractivity contribution in [2.24, 2.45) is 0 Å². The Kier molecular flexibility index (Phi) is 6.26. The molecule has 5 nitrogen and oxygen atoms in total. The first-order valence-corrected chi connectivity index (χ1v) is 9.68. The summed E-state index contributed by atoms with van der Waals surface area (Å²) in [7, 11) is -3.85. The molecule has 0 atom stereocenters. The molecular formula is C16H15BrClNO4S. The molecule has 0 amide bonds. The van der Waals surface area contributed by atoms with Crippen molar-refractivity contribution in [1.29, 1.82) is 0 Å². The fraction of sp³-hybridized carbons (Fsp3) is 0.188. The SMILES string of the molecule is O=C(O)CCCN(c1ccc(Br)cc1Cl)S(=O)(=O)c1ccccc1. The van der Waals surface area contributed by atoms with Crippen molar-refractivity contribution in [3.63, 3.8) is 0 Å². The normalized spacial score (nSPS) is 11.2. The van der Waals surface area contributed by atoms with Crippen molar-refractivity contribution in [1.82, 2.24) is 0 Å². The van der Waals surface area contributed by atoms with Crippen LogP contribution in [0, 0.1) is 0 Å². The molecule has 2 aromatic carbocycles. The lowest BCUT2D eigenvalue weighted by Crippen LogP contribution is -2.32. The molecular weight excluding hydrogens is 418 g/mol. The van der Waals surface area contributed by atoms with Gasteiger partial charge in [0.25, 0.3) is 10.0 Å². The van der Waals surface area contributed by atoms with Gasteiger partial charge in [0.05, 0.1) is 15.6 Å². The summed E-state index contributed by atoms with van der Waals surface area (Å²) in [6, 6.07) is 12.8. The van der Waals surface area contributed by atoms with Gasteiger partial charge in [-0.1, -0.05) is 45.7 Å². The molecule has 0 saturated heterocycles. The van der Waals surface area contributed by atoms with Crippen LogP contribution in [0.3, 0.4) is 0 Å². The van der Waals surface area contributed by atoms with Gasteiger partial charge >= 0.3 is 5.97 Å². The monoisotopic (exact) mass is 431 g/mol. The van der Waals surface area contributed by atoms with Crippen LogP contribution in [0.5, 0.6) is 0 Å². The van der Waals surface area contributed by atoms with E-state index < -0.39 is 16.0 Å². The Balaban J connectivity index is 2.44. The highest BCUT2D eigenvalue weighted by Crippen LogP contribution is 2.33. The van der Waals surface area contributed by atoms with Gasteiger partial charge in [-0.05, 0) is 36.8 Å². The molecule has 0 saturated carbocycles. The molecule has 2 aromatic rings. The summed E-state index contributed by atoms with van der Waals surface area (Å²) in [6.07, 6.45) is 0.0444. The Bertz CT molecular complexity index is 827. The second-order valence-corrected chi connectivity index (χ2v) is 8.17. The molecule has 0 radical (unpaired) electrons. The van der Waals surface area contributed by atoms with Crippen LogP contribution in [0.25, 0.3) is 0 Å². The topological polar surface area (TPSA) is 74.7 Å². The third kappa shape index (κ3) is 4.49. The van der Waals surface area contributed by atoms with Gasteiger partial charge < -0.3 is 5.11 Å². The van der Waals surface area contributed by atoms with Gasteiger partial charge in [-0.3, -0.25) is 9.10 Å². The number of halogens is 2. The third-order valence-electron chi connectivity index (χ3n) is 3.26. The maximum atomic E-state index is 13.0. The van der Waals surface area contributed by atoms with Crippen molar-refractivity contribution in [3.8, 4) is 0 Å². The molecule has 128 valence electrons. The second kappa shape index (κ2) is 8.00. The van der Waals surface area contributed by atoms with Crippen LogP contribution in [-0.4, -0.2) is 26.0 Å². The van der Waals surface area contributed by atoms with E-state index in [4.69, 9.17) is 16.7 Å². The first kappa shape index (κ1) is 18.8. The molecule has 0 heterocycles. The zero-order valence-electron chi connectivity index (χ0n) is 12.5. The fourth-order valence-corrected chi connectivity index (χ4v) is 4.52. The number of carbonyl (C=O) groups is 1. The molecule has 24 heavy (non-hydrogen) atoms. The number of carboxylic acids is 1. The number of benzene rings is 2. The number of carboxylic acid groups (broad SMARTS) is 1. The molecule has 1 N–H and O–H groups in total. The van der Waals surface area contributed by atoms with Crippen LogP contribution in [0.2, 0.25) is 5.02 Å². The predicted molar refractivity (Wildman–Crippen MR) is 97.0 cm³/mol. The number of sulfonamides is 1. The van der Waals surface area contributed by atoms with Crippen molar-refractivity contribution < 1.29 is 18.3 Å². The minimum Gasteiger partial charge on any atom is -0.481 e. The molecule has 2 rings (SSSR count). The Labute approximate surface area is 154 Å². The molecule has 0 spiro atoms. The maximum Gasteiger partial charge on any atom is 0.303 e. The van der Waals surface area contributed by atoms with E-state index in [0.29, 0.717) is 5.69 Å². The second-order valence-electron chi connectivity index (χ2n) is 4.98. The molecule has 0 aromatic heterocycles. The van der Waals surface area contributed by atoms with Gasteiger partial charge in [0.2, 0.25) is 0 Å². The number of aliphatic carboxylic acids is 1. The first-order valence-electron chi connectivity index (χ1n) is 7.07. The van der Waals surface area contributed by atoms with Crippen LogP contribution in [0.4, 0.5) is 5.69 Å². The first-order chi connectivity index (χ1) is 11.3. The predicted octanol–water partition coefficient (Wildman–Crippen LogP) is 4.16. The third-order valence-corrected chi connectivity index (χ3v) is 5.88. The summed E-state index contributed by atoms with van der Waals surface area (Å²) in [5, 5.41) is 9.07. The van der Waals surface area contributed by atoms with E-state index in [-0.39, 0.29) is 29.3 Å². The highest BCUT2D eigenvalue weighted by molar-refractivity contribution is 9.10. The van der Waals surface area contributed by atoms with Crippen molar-refractivity contribution in [2.45, 2.75) is 17.7 Å². The quantitative estimate of drug-likeness (QED) is 0.713. The molecule has 0 aliphatic carbocycles. The average molecular weight is 433 g/mol. The Morgan fingerprint density at radius 2 is 1.83 bits per heavy atom. The van der Waals surface area contributed by atoms with Gasteiger partial charge in [0.15, 0.2) is 0 Å². The number of hydrogen-bond donors (Lipinski definition) is 1. The highest BCUT2D eigenvalue weighted by Gasteiger charge is 2.26. The van der Waals surface area contributed by atoms with Crippen LogP contribution in [-0.2, 0) is 14.8 Å². The fourth-order valence-electron chi connectivity index (χ4n) is 2.15. The van der Waals surface area contributed by atoms with E-state index in [1.807, 2.05) is 0 Å². The lowest BCUT2D eigenvalue weighted by molar-refractivity contribution is -0.137. The molecule has 0 aliphatic heterocycles. The zero-order valence-corrected chi connectivity index (χ0v) is 15.7. The summed E-state index contributed by atoms with van der Waals surface area (Å²) in [6.45, 7) is 0.0187. The van der Waals surface area contributed by atoms with Crippen molar-refractivity contribution >= 4 is 49.2 Å². The van der Waals surface area contributed by atoms with Crippen molar-refractivity contribution in [3.05, 3.63) is 58.0 Å². The molecule has 0 bridgehead atoms.